The molecule has 0 saturated heterocycles. The third-order valence-electron chi connectivity index (χ3n) is 3.06. The Balaban J connectivity index is 2.16. The van der Waals surface area contributed by atoms with Crippen LogP contribution in [0.25, 0.3) is 12.2 Å². The van der Waals surface area contributed by atoms with E-state index in [9.17, 15) is 24.9 Å². The predicted octanol–water partition coefficient (Wildman–Crippen LogP) is 2.52. The van der Waals surface area contributed by atoms with Gasteiger partial charge in [-0.3, -0.25) is 0 Å². The van der Waals surface area contributed by atoms with Crippen LogP contribution in [-0.2, 0) is 9.59 Å². The summed E-state index contributed by atoms with van der Waals surface area (Å²) < 4.78 is 4.97. The molecule has 0 radical (unpaired) electrons. The third kappa shape index (κ3) is 4.87. The minimum absolute atomic E-state index is 0.0433. The minimum Gasteiger partial charge on any atom is -0.507 e. The lowest BCUT2D eigenvalue weighted by molar-refractivity contribution is -0.131. The van der Waals surface area contributed by atoms with Crippen LogP contribution < -0.4 is 4.74 Å². The molecule has 0 aliphatic rings. The van der Waals surface area contributed by atoms with E-state index in [1.54, 1.807) is 0 Å². The number of ether oxygens (including phenoxy) is 1. The summed E-state index contributed by atoms with van der Waals surface area (Å²) >= 11 is 0. The number of hydrogen-bond donors (Lipinski definition) is 4. The van der Waals surface area contributed by atoms with E-state index in [0.29, 0.717) is 5.56 Å². The van der Waals surface area contributed by atoms with Crippen molar-refractivity contribution in [3.05, 3.63) is 59.7 Å². The first-order chi connectivity index (χ1) is 11.9. The number of carbonyl (C=O) groups is 2. The molecule has 2 aromatic rings. The van der Waals surface area contributed by atoms with Gasteiger partial charge in [-0.2, -0.15) is 0 Å². The number of hydrogen-bond acceptors (Lipinski definition) is 6. The zero-order valence-corrected chi connectivity index (χ0v) is 12.8. The molecule has 2 rings (SSSR count). The van der Waals surface area contributed by atoms with Crippen LogP contribution in [0.3, 0.4) is 0 Å². The van der Waals surface area contributed by atoms with E-state index in [-0.39, 0.29) is 28.6 Å². The molecule has 0 aliphatic carbocycles. The van der Waals surface area contributed by atoms with Crippen molar-refractivity contribution in [3.8, 4) is 23.0 Å². The van der Waals surface area contributed by atoms with Crippen molar-refractivity contribution in [1.29, 1.82) is 0 Å². The van der Waals surface area contributed by atoms with Crippen LogP contribution in [0.15, 0.2) is 48.6 Å². The van der Waals surface area contributed by atoms with Gasteiger partial charge in [0.1, 0.15) is 11.5 Å². The largest absolute Gasteiger partial charge is 0.507 e. The van der Waals surface area contributed by atoms with Gasteiger partial charge < -0.3 is 25.2 Å². The molecule has 0 amide bonds. The fourth-order valence-corrected chi connectivity index (χ4v) is 1.89. The van der Waals surface area contributed by atoms with Gasteiger partial charge in [0.05, 0.1) is 5.56 Å². The van der Waals surface area contributed by atoms with Crippen molar-refractivity contribution >= 4 is 24.1 Å². The Kier molecular flexibility index (Phi) is 5.42. The third-order valence-corrected chi connectivity index (χ3v) is 3.06. The van der Waals surface area contributed by atoms with Crippen LogP contribution in [-0.4, -0.2) is 32.4 Å². The summed E-state index contributed by atoms with van der Waals surface area (Å²) in [5, 5.41) is 37.5. The van der Waals surface area contributed by atoms with E-state index in [0.717, 1.165) is 18.2 Å². The lowest BCUT2D eigenvalue weighted by Crippen LogP contribution is -2.04. The molecule has 25 heavy (non-hydrogen) atoms. The second kappa shape index (κ2) is 7.69. The molecule has 0 fully saturated rings. The van der Waals surface area contributed by atoms with Crippen molar-refractivity contribution in [2.24, 2.45) is 0 Å². The molecular weight excluding hydrogens is 328 g/mol. The molecule has 0 atom stereocenters. The Labute approximate surface area is 142 Å². The monoisotopic (exact) mass is 342 g/mol. The number of phenols is 3. The zero-order valence-electron chi connectivity index (χ0n) is 12.8. The molecule has 0 unspecified atom stereocenters. The highest BCUT2D eigenvalue weighted by Crippen LogP contribution is 2.29. The lowest BCUT2D eigenvalue weighted by Gasteiger charge is -2.05. The lowest BCUT2D eigenvalue weighted by atomic mass is 10.1. The van der Waals surface area contributed by atoms with Gasteiger partial charge in [-0.05, 0) is 42.0 Å². The molecule has 4 N–H and O–H groups in total. The van der Waals surface area contributed by atoms with Crippen LogP contribution in [0, 0.1) is 0 Å². The van der Waals surface area contributed by atoms with Gasteiger partial charge in [0, 0.05) is 12.2 Å². The van der Waals surface area contributed by atoms with E-state index >= 15 is 0 Å². The predicted molar refractivity (Wildman–Crippen MR) is 89.2 cm³/mol. The molecule has 2 aromatic carbocycles. The minimum atomic E-state index is -1.14. The van der Waals surface area contributed by atoms with Crippen LogP contribution in [0.1, 0.15) is 11.1 Å². The normalized spacial score (nSPS) is 11.0. The van der Waals surface area contributed by atoms with Crippen molar-refractivity contribution in [2.75, 3.05) is 0 Å². The quantitative estimate of drug-likeness (QED) is 0.374. The Hall–Kier alpha value is -3.74. The summed E-state index contributed by atoms with van der Waals surface area (Å²) in [5.41, 5.74) is 0.451. The maximum absolute atomic E-state index is 11.8. The molecule has 7 heteroatoms. The number of carboxylic acids is 1. The number of carboxylic acid groups (broad SMARTS) is 1. The Morgan fingerprint density at radius 2 is 1.56 bits per heavy atom. The number of rotatable bonds is 5. The second-order valence-electron chi connectivity index (χ2n) is 4.86. The molecule has 7 nitrogen and oxygen atoms in total. The fourth-order valence-electron chi connectivity index (χ4n) is 1.89. The second-order valence-corrected chi connectivity index (χ2v) is 4.86. The number of benzene rings is 2. The topological polar surface area (TPSA) is 124 Å². The number of esters is 1. The van der Waals surface area contributed by atoms with Crippen molar-refractivity contribution < 1.29 is 34.8 Å². The molecule has 128 valence electrons. The van der Waals surface area contributed by atoms with Gasteiger partial charge in [0.15, 0.2) is 11.5 Å². The summed E-state index contributed by atoms with van der Waals surface area (Å²) in [6.07, 6.45) is 4.31. The number of phenolic OH excluding ortho intramolecular Hbond substituents is 3. The Morgan fingerprint density at radius 1 is 0.880 bits per heavy atom. The molecule has 0 spiro atoms. The summed E-state index contributed by atoms with van der Waals surface area (Å²) in [4.78, 5) is 22.3. The zero-order chi connectivity index (χ0) is 18.4. The van der Waals surface area contributed by atoms with Gasteiger partial charge in [0.2, 0.25) is 0 Å². The van der Waals surface area contributed by atoms with Crippen LogP contribution >= 0.6 is 0 Å². The van der Waals surface area contributed by atoms with Crippen LogP contribution in [0.4, 0.5) is 0 Å². The molecule has 0 aromatic heterocycles. The number of aliphatic carboxylic acids is 1. The first-order valence-corrected chi connectivity index (χ1v) is 7.01. The first kappa shape index (κ1) is 17.6. The Bertz CT molecular complexity index is 845. The molecular formula is C18H14O7. The van der Waals surface area contributed by atoms with Gasteiger partial charge >= 0.3 is 11.9 Å². The highest BCUT2D eigenvalue weighted by Gasteiger charge is 2.09. The van der Waals surface area contributed by atoms with Gasteiger partial charge in [-0.25, -0.2) is 9.59 Å². The standard InChI is InChI=1S/C18H14O7/c19-13-2-1-3-14(20)12(13)6-9-18(24)25-16-10-11(4-7-15(16)21)5-8-17(22)23/h1-10,19-21H,(H,22,23). The first-order valence-electron chi connectivity index (χ1n) is 7.01. The summed E-state index contributed by atoms with van der Waals surface area (Å²) in [6.45, 7) is 0. The molecule has 0 bridgehead atoms. The van der Waals surface area contributed by atoms with E-state index < -0.39 is 11.9 Å². The van der Waals surface area contributed by atoms with Gasteiger partial charge in [0.25, 0.3) is 0 Å². The van der Waals surface area contributed by atoms with Crippen molar-refractivity contribution in [2.45, 2.75) is 0 Å². The average Bonchev–Trinajstić information content (AvgIpc) is 2.55. The maximum atomic E-state index is 11.8. The van der Waals surface area contributed by atoms with Crippen molar-refractivity contribution in [3.63, 3.8) is 0 Å². The SMILES string of the molecule is O=C(O)C=Cc1ccc(O)c(OC(=O)C=Cc2c(O)cccc2O)c1. The molecule has 0 aliphatic heterocycles. The average molecular weight is 342 g/mol. The van der Waals surface area contributed by atoms with Crippen LogP contribution in [0.5, 0.6) is 23.0 Å². The highest BCUT2D eigenvalue weighted by atomic mass is 16.5. The maximum Gasteiger partial charge on any atom is 0.336 e. The van der Waals surface area contributed by atoms with Gasteiger partial charge in [-0.1, -0.05) is 12.1 Å². The molecule has 0 heterocycles. The highest BCUT2D eigenvalue weighted by molar-refractivity contribution is 5.90. The van der Waals surface area contributed by atoms with E-state index in [1.807, 2.05) is 0 Å². The summed E-state index contributed by atoms with van der Waals surface area (Å²) in [7, 11) is 0. The fraction of sp³-hybridized carbons (Fsp3) is 0. The molecule has 0 saturated carbocycles. The van der Waals surface area contributed by atoms with Crippen molar-refractivity contribution in [1.82, 2.24) is 0 Å². The summed E-state index contributed by atoms with van der Waals surface area (Å²) in [5.74, 6) is -2.90. The number of carbonyl (C=O) groups excluding carboxylic acids is 1. The Morgan fingerprint density at radius 3 is 2.20 bits per heavy atom. The van der Waals surface area contributed by atoms with E-state index in [2.05, 4.69) is 0 Å². The smallest absolute Gasteiger partial charge is 0.336 e. The number of aromatic hydroxyl groups is 3. The van der Waals surface area contributed by atoms with E-state index in [4.69, 9.17) is 9.84 Å². The van der Waals surface area contributed by atoms with Gasteiger partial charge in [-0.15, -0.1) is 0 Å². The van der Waals surface area contributed by atoms with Crippen LogP contribution in [0.2, 0.25) is 0 Å². The van der Waals surface area contributed by atoms with E-state index in [1.165, 1.54) is 42.5 Å². The summed E-state index contributed by atoms with van der Waals surface area (Å²) in [6, 6.07) is 8.11.